The molecule has 1 unspecified atom stereocenters. The van der Waals surface area contributed by atoms with E-state index in [2.05, 4.69) is 15.6 Å². The topological polar surface area (TPSA) is 79.4 Å². The third-order valence-electron chi connectivity index (χ3n) is 5.94. The average molecular weight is 564 g/mol. The van der Waals surface area contributed by atoms with Crippen molar-refractivity contribution >= 4 is 40.8 Å². The molecule has 0 saturated carbocycles. The summed E-state index contributed by atoms with van der Waals surface area (Å²) in [6.07, 6.45) is 0.503. The molecule has 0 bridgehead atoms. The van der Waals surface area contributed by atoms with E-state index in [1.807, 2.05) is 38.1 Å². The Kier molecular flexibility index (Phi) is 9.55. The summed E-state index contributed by atoms with van der Waals surface area (Å²) in [5.74, 6) is 0.527. The minimum Gasteiger partial charge on any atom is -0.497 e. The number of nitrogens with zero attached hydrogens (tertiary/aromatic N) is 3. The fourth-order valence-electron chi connectivity index (χ4n) is 3.98. The zero-order chi connectivity index (χ0) is 28.6. The van der Waals surface area contributed by atoms with Gasteiger partial charge in [-0.3, -0.25) is 4.79 Å². The molecule has 4 rings (SSSR count). The van der Waals surface area contributed by atoms with E-state index in [0.29, 0.717) is 34.6 Å². The normalized spacial score (nSPS) is 11.7. The van der Waals surface area contributed by atoms with Crippen LogP contribution >= 0.6 is 11.8 Å². The summed E-state index contributed by atoms with van der Waals surface area (Å²) >= 11 is 1.41. The first kappa shape index (κ1) is 28.8. The van der Waals surface area contributed by atoms with E-state index in [9.17, 15) is 13.6 Å². The monoisotopic (exact) mass is 563 g/mol. The molecular formula is C30H31F2N5O2S. The van der Waals surface area contributed by atoms with Gasteiger partial charge in [0.25, 0.3) is 0 Å². The van der Waals surface area contributed by atoms with Crippen LogP contribution < -0.4 is 20.3 Å². The maximum absolute atomic E-state index is 13.9. The van der Waals surface area contributed by atoms with Crippen molar-refractivity contribution in [1.82, 2.24) is 9.97 Å². The van der Waals surface area contributed by atoms with Crippen LogP contribution in [0.15, 0.2) is 88.8 Å². The molecule has 1 amide bonds. The number of rotatable bonds is 11. The van der Waals surface area contributed by atoms with E-state index in [1.165, 1.54) is 36.0 Å². The number of carbonyl (C=O) groups excluding carboxylic acids is 1. The Morgan fingerprint density at radius 1 is 0.950 bits per heavy atom. The maximum atomic E-state index is 13.9. The molecule has 2 N–H and O–H groups in total. The number of anilines is 4. The Bertz CT molecular complexity index is 1450. The number of amides is 1. The SMILES string of the molecule is COc1ccc(Sc2cc(Nc3cccc(F)c3)nc(N(C)C(CC(C)C)C(=O)Nc3cccc(F)c3)n2)cc1. The fourth-order valence-corrected chi connectivity index (χ4v) is 4.80. The second kappa shape index (κ2) is 13.3. The van der Waals surface area contributed by atoms with Gasteiger partial charge in [0.1, 0.15) is 34.3 Å². The number of methoxy groups -OCH3 is 1. The van der Waals surface area contributed by atoms with Crippen molar-refractivity contribution in [3.8, 4) is 5.75 Å². The average Bonchev–Trinajstić information content (AvgIpc) is 2.91. The van der Waals surface area contributed by atoms with Gasteiger partial charge in [-0.2, -0.15) is 4.98 Å². The highest BCUT2D eigenvalue weighted by Crippen LogP contribution is 2.32. The molecule has 0 aliphatic heterocycles. The number of aromatic nitrogens is 2. The molecule has 1 aromatic heterocycles. The summed E-state index contributed by atoms with van der Waals surface area (Å²) in [4.78, 5) is 25.5. The zero-order valence-electron chi connectivity index (χ0n) is 22.7. The quantitative estimate of drug-likeness (QED) is 0.188. The molecule has 208 valence electrons. The third-order valence-corrected chi connectivity index (χ3v) is 6.87. The molecule has 0 aliphatic rings. The Balaban J connectivity index is 1.68. The van der Waals surface area contributed by atoms with Crippen molar-refractivity contribution in [1.29, 1.82) is 0 Å². The number of likely N-dealkylation sites (N-methyl/N-ethyl adjacent to an activating group) is 1. The fraction of sp³-hybridized carbons (Fsp3) is 0.233. The number of nitrogens with one attached hydrogen (secondary N) is 2. The predicted octanol–water partition coefficient (Wildman–Crippen LogP) is 7.15. The Morgan fingerprint density at radius 2 is 1.60 bits per heavy atom. The first-order chi connectivity index (χ1) is 19.2. The molecule has 7 nitrogen and oxygen atoms in total. The standard InChI is InChI=1S/C30H31F2N5O2S/c1-19(2)15-26(29(38)34-23-10-6-8-21(32)17-23)37(3)30-35-27(33-22-9-5-7-20(31)16-22)18-28(36-30)40-25-13-11-24(39-4)12-14-25/h5-14,16-19,26H,15H2,1-4H3,(H,34,38)(H,33,35,36). The van der Waals surface area contributed by atoms with Crippen molar-refractivity contribution in [3.05, 3.63) is 90.5 Å². The van der Waals surface area contributed by atoms with Gasteiger partial charge >= 0.3 is 0 Å². The van der Waals surface area contributed by atoms with Crippen LogP contribution in [0.25, 0.3) is 0 Å². The molecule has 1 heterocycles. The van der Waals surface area contributed by atoms with Gasteiger partial charge in [0.2, 0.25) is 11.9 Å². The van der Waals surface area contributed by atoms with Crippen LogP contribution in [0.5, 0.6) is 5.75 Å². The number of benzene rings is 3. The molecule has 10 heteroatoms. The van der Waals surface area contributed by atoms with E-state index in [-0.39, 0.29) is 17.6 Å². The van der Waals surface area contributed by atoms with E-state index in [1.54, 1.807) is 49.4 Å². The minimum absolute atomic E-state index is 0.174. The van der Waals surface area contributed by atoms with Crippen molar-refractivity contribution in [2.24, 2.45) is 5.92 Å². The van der Waals surface area contributed by atoms with Crippen LogP contribution in [-0.2, 0) is 4.79 Å². The largest absolute Gasteiger partial charge is 0.497 e. The molecule has 0 spiro atoms. The molecule has 0 radical (unpaired) electrons. The van der Waals surface area contributed by atoms with Crippen molar-refractivity contribution < 1.29 is 18.3 Å². The summed E-state index contributed by atoms with van der Waals surface area (Å²) in [7, 11) is 3.36. The second-order valence-electron chi connectivity index (χ2n) is 9.56. The van der Waals surface area contributed by atoms with Gasteiger partial charge in [-0.25, -0.2) is 13.8 Å². The van der Waals surface area contributed by atoms with Crippen molar-refractivity contribution in [2.45, 2.75) is 36.2 Å². The highest BCUT2D eigenvalue weighted by molar-refractivity contribution is 7.99. The van der Waals surface area contributed by atoms with Crippen LogP contribution in [-0.4, -0.2) is 36.1 Å². The number of halogens is 2. The first-order valence-corrected chi connectivity index (χ1v) is 13.5. The van der Waals surface area contributed by atoms with Gasteiger partial charge in [-0.15, -0.1) is 0 Å². The molecule has 0 fully saturated rings. The minimum atomic E-state index is -0.647. The summed E-state index contributed by atoms with van der Waals surface area (Å²) in [6, 6.07) is 20.5. The van der Waals surface area contributed by atoms with Gasteiger partial charge in [0.05, 0.1) is 7.11 Å². The number of hydrogen-bond donors (Lipinski definition) is 2. The lowest BCUT2D eigenvalue weighted by molar-refractivity contribution is -0.117. The molecule has 4 aromatic rings. The Labute approximate surface area is 237 Å². The molecular weight excluding hydrogens is 532 g/mol. The van der Waals surface area contributed by atoms with Crippen LogP contribution in [0.3, 0.4) is 0 Å². The summed E-state index contributed by atoms with van der Waals surface area (Å²) in [5, 5.41) is 6.58. The van der Waals surface area contributed by atoms with E-state index >= 15 is 0 Å². The van der Waals surface area contributed by atoms with Crippen LogP contribution in [0, 0.1) is 17.6 Å². The van der Waals surface area contributed by atoms with Gasteiger partial charge < -0.3 is 20.3 Å². The first-order valence-electron chi connectivity index (χ1n) is 12.7. The second-order valence-corrected chi connectivity index (χ2v) is 10.7. The lowest BCUT2D eigenvalue weighted by Gasteiger charge is -2.29. The molecule has 0 saturated heterocycles. The number of hydrogen-bond acceptors (Lipinski definition) is 7. The van der Waals surface area contributed by atoms with E-state index in [4.69, 9.17) is 9.72 Å². The maximum Gasteiger partial charge on any atom is 0.247 e. The summed E-state index contributed by atoms with van der Waals surface area (Å²) < 4.78 is 32.9. The van der Waals surface area contributed by atoms with Crippen LogP contribution in [0.4, 0.5) is 31.9 Å². The predicted molar refractivity (Wildman–Crippen MR) is 156 cm³/mol. The van der Waals surface area contributed by atoms with Crippen molar-refractivity contribution in [2.75, 3.05) is 29.7 Å². The van der Waals surface area contributed by atoms with Gasteiger partial charge in [-0.1, -0.05) is 37.7 Å². The molecule has 40 heavy (non-hydrogen) atoms. The molecule has 1 atom stereocenters. The van der Waals surface area contributed by atoms with E-state index in [0.717, 1.165) is 10.6 Å². The van der Waals surface area contributed by atoms with Crippen LogP contribution in [0.1, 0.15) is 20.3 Å². The zero-order valence-corrected chi connectivity index (χ0v) is 23.5. The van der Waals surface area contributed by atoms with Crippen LogP contribution in [0.2, 0.25) is 0 Å². The number of carbonyl (C=O) groups is 1. The Hall–Kier alpha value is -4.18. The number of ether oxygens (including phenoxy) is 1. The van der Waals surface area contributed by atoms with Crippen molar-refractivity contribution in [3.63, 3.8) is 0 Å². The molecule has 3 aromatic carbocycles. The Morgan fingerprint density at radius 3 is 2.23 bits per heavy atom. The highest BCUT2D eigenvalue weighted by atomic mass is 32.2. The highest BCUT2D eigenvalue weighted by Gasteiger charge is 2.27. The summed E-state index contributed by atoms with van der Waals surface area (Å²) in [6.45, 7) is 4.04. The van der Waals surface area contributed by atoms with Gasteiger partial charge in [0, 0.05) is 29.4 Å². The molecule has 0 aliphatic carbocycles. The summed E-state index contributed by atoms with van der Waals surface area (Å²) in [5.41, 5.74) is 0.889. The van der Waals surface area contributed by atoms with E-state index < -0.39 is 11.9 Å². The smallest absolute Gasteiger partial charge is 0.247 e. The van der Waals surface area contributed by atoms with Gasteiger partial charge in [0.15, 0.2) is 0 Å². The lowest BCUT2D eigenvalue weighted by atomic mass is 10.0. The van der Waals surface area contributed by atoms with Gasteiger partial charge in [-0.05, 0) is 73.0 Å². The lowest BCUT2D eigenvalue weighted by Crippen LogP contribution is -2.43. The third kappa shape index (κ3) is 7.92.